The van der Waals surface area contributed by atoms with Crippen molar-refractivity contribution in [2.45, 2.75) is 58.2 Å². The highest BCUT2D eigenvalue weighted by Crippen LogP contribution is 2.46. The van der Waals surface area contributed by atoms with Gasteiger partial charge in [-0.05, 0) is 36.0 Å². The molecule has 1 saturated carbocycles. The van der Waals surface area contributed by atoms with Crippen molar-refractivity contribution in [3.05, 3.63) is 64.1 Å². The summed E-state index contributed by atoms with van der Waals surface area (Å²) in [6.07, 6.45) is -0.670. The van der Waals surface area contributed by atoms with Crippen LogP contribution in [0.4, 0.5) is 0 Å². The van der Waals surface area contributed by atoms with E-state index in [-0.39, 0.29) is 40.9 Å². The largest absolute Gasteiger partial charge is 0.482 e. The van der Waals surface area contributed by atoms with Gasteiger partial charge in [-0.15, -0.1) is 0 Å². The van der Waals surface area contributed by atoms with Crippen molar-refractivity contribution in [1.29, 1.82) is 0 Å². The zero-order valence-corrected chi connectivity index (χ0v) is 22.9. The monoisotopic (exact) mass is 548 g/mol. The fourth-order valence-corrected chi connectivity index (χ4v) is 4.82. The third-order valence-corrected chi connectivity index (χ3v) is 7.24. The summed E-state index contributed by atoms with van der Waals surface area (Å²) in [5.41, 5.74) is 0.857. The Labute approximate surface area is 227 Å². The van der Waals surface area contributed by atoms with Crippen LogP contribution in [0.3, 0.4) is 0 Å². The van der Waals surface area contributed by atoms with Gasteiger partial charge in [-0.1, -0.05) is 87.3 Å². The Morgan fingerprint density at radius 3 is 2.30 bits per heavy atom. The van der Waals surface area contributed by atoms with Gasteiger partial charge in [0.15, 0.2) is 6.61 Å². The number of nitrogens with one attached hydrogen (secondary N) is 2. The molecule has 5 atom stereocenters. The van der Waals surface area contributed by atoms with Crippen LogP contribution in [0.5, 0.6) is 5.75 Å². The number of hydrogen-bond acceptors (Lipinski definition) is 5. The van der Waals surface area contributed by atoms with Crippen molar-refractivity contribution in [3.8, 4) is 5.75 Å². The average Bonchev–Trinajstić information content (AvgIpc) is 3.53. The van der Waals surface area contributed by atoms with E-state index in [2.05, 4.69) is 10.6 Å². The lowest BCUT2D eigenvalue weighted by Crippen LogP contribution is -2.55. The molecule has 37 heavy (non-hydrogen) atoms. The number of carbonyl (C=O) groups is 3. The van der Waals surface area contributed by atoms with E-state index in [1.807, 2.05) is 58.0 Å². The Kier molecular flexibility index (Phi) is 9.99. The first-order valence-electron chi connectivity index (χ1n) is 12.4. The number of rotatable bonds is 12. The molecule has 1 fully saturated rings. The van der Waals surface area contributed by atoms with E-state index in [0.717, 1.165) is 5.56 Å². The van der Waals surface area contributed by atoms with Gasteiger partial charge in [0.1, 0.15) is 22.6 Å². The SMILES string of the molecule is CC(C)C[C@H](NC(=O)COc1cccc(Cl)c1Cl)C(=O)N[C@@H](C(C)C)[C@@H](O)C1C(=O)C1c1ccccc1. The Bertz CT molecular complexity index is 1110. The summed E-state index contributed by atoms with van der Waals surface area (Å²) in [5, 5.41) is 17.2. The molecule has 0 spiro atoms. The molecule has 2 aromatic carbocycles. The summed E-state index contributed by atoms with van der Waals surface area (Å²) < 4.78 is 5.49. The first-order valence-corrected chi connectivity index (χ1v) is 13.2. The molecule has 3 rings (SSSR count). The van der Waals surface area contributed by atoms with Gasteiger partial charge in [-0.3, -0.25) is 14.4 Å². The maximum Gasteiger partial charge on any atom is 0.258 e. The molecular weight excluding hydrogens is 515 g/mol. The van der Waals surface area contributed by atoms with E-state index in [4.69, 9.17) is 27.9 Å². The lowest BCUT2D eigenvalue weighted by molar-refractivity contribution is -0.131. The Balaban J connectivity index is 1.65. The molecule has 0 heterocycles. The van der Waals surface area contributed by atoms with Crippen molar-refractivity contribution >= 4 is 40.8 Å². The molecule has 1 aliphatic carbocycles. The van der Waals surface area contributed by atoms with E-state index < -0.39 is 35.9 Å². The average molecular weight is 549 g/mol. The summed E-state index contributed by atoms with van der Waals surface area (Å²) in [4.78, 5) is 38.5. The normalized spacial score (nSPS) is 19.3. The Hall–Kier alpha value is -2.61. The van der Waals surface area contributed by atoms with Crippen LogP contribution in [0.2, 0.25) is 10.0 Å². The lowest BCUT2D eigenvalue weighted by Gasteiger charge is -2.30. The highest BCUT2D eigenvalue weighted by atomic mass is 35.5. The number of carbonyl (C=O) groups excluding carboxylic acids is 3. The molecule has 0 radical (unpaired) electrons. The summed E-state index contributed by atoms with van der Waals surface area (Å²) in [6.45, 7) is 7.27. The number of hydrogen-bond donors (Lipinski definition) is 3. The van der Waals surface area contributed by atoms with Crippen LogP contribution in [0.25, 0.3) is 0 Å². The maximum atomic E-state index is 13.3. The van der Waals surface area contributed by atoms with Crippen molar-refractivity contribution in [3.63, 3.8) is 0 Å². The number of aliphatic hydroxyl groups excluding tert-OH is 1. The molecule has 2 amide bonds. The van der Waals surface area contributed by atoms with Crippen LogP contribution in [0.15, 0.2) is 48.5 Å². The van der Waals surface area contributed by atoms with Crippen molar-refractivity contribution in [2.24, 2.45) is 17.8 Å². The van der Waals surface area contributed by atoms with Crippen molar-refractivity contribution < 1.29 is 24.2 Å². The fourth-order valence-electron chi connectivity index (χ4n) is 4.47. The zero-order valence-electron chi connectivity index (χ0n) is 21.4. The number of halogens is 2. The van der Waals surface area contributed by atoms with Gasteiger partial charge < -0.3 is 20.5 Å². The molecule has 0 aliphatic heterocycles. The van der Waals surface area contributed by atoms with Gasteiger partial charge in [0.05, 0.1) is 29.0 Å². The molecule has 200 valence electrons. The first kappa shape index (κ1) is 29.0. The molecule has 7 nitrogen and oxygen atoms in total. The number of ketones is 1. The van der Waals surface area contributed by atoms with Gasteiger partial charge in [0.25, 0.3) is 5.91 Å². The van der Waals surface area contributed by atoms with Crippen LogP contribution in [-0.2, 0) is 14.4 Å². The van der Waals surface area contributed by atoms with Crippen molar-refractivity contribution in [1.82, 2.24) is 10.6 Å². The van der Waals surface area contributed by atoms with Gasteiger partial charge in [-0.2, -0.15) is 0 Å². The van der Waals surface area contributed by atoms with Crippen LogP contribution >= 0.6 is 23.2 Å². The third-order valence-electron chi connectivity index (χ3n) is 6.44. The minimum Gasteiger partial charge on any atom is -0.482 e. The van der Waals surface area contributed by atoms with Gasteiger partial charge in [0.2, 0.25) is 5.91 Å². The van der Waals surface area contributed by atoms with Gasteiger partial charge in [0, 0.05) is 0 Å². The van der Waals surface area contributed by atoms with Crippen molar-refractivity contribution in [2.75, 3.05) is 6.61 Å². The molecular formula is C28H34Cl2N2O5. The van der Waals surface area contributed by atoms with Crippen LogP contribution < -0.4 is 15.4 Å². The lowest BCUT2D eigenvalue weighted by atomic mass is 9.92. The zero-order chi connectivity index (χ0) is 27.3. The van der Waals surface area contributed by atoms with Gasteiger partial charge >= 0.3 is 0 Å². The van der Waals surface area contributed by atoms with E-state index in [1.54, 1.807) is 18.2 Å². The topological polar surface area (TPSA) is 105 Å². The molecule has 3 N–H and O–H groups in total. The molecule has 9 heteroatoms. The summed E-state index contributed by atoms with van der Waals surface area (Å²) in [6, 6.07) is 12.7. The second kappa shape index (κ2) is 12.8. The smallest absolute Gasteiger partial charge is 0.258 e. The van der Waals surface area contributed by atoms with Crippen LogP contribution in [0.1, 0.15) is 45.6 Å². The first-order chi connectivity index (χ1) is 17.5. The summed E-state index contributed by atoms with van der Waals surface area (Å²) >= 11 is 12.1. The quantitative estimate of drug-likeness (QED) is 0.365. The summed E-state index contributed by atoms with van der Waals surface area (Å²) in [7, 11) is 0. The van der Waals surface area contributed by atoms with Gasteiger partial charge in [-0.25, -0.2) is 0 Å². The highest BCUT2D eigenvalue weighted by Gasteiger charge is 2.56. The molecule has 0 bridgehead atoms. The second-order valence-corrected chi connectivity index (χ2v) is 11.0. The van der Waals surface area contributed by atoms with Crippen LogP contribution in [0, 0.1) is 17.8 Å². The van der Waals surface area contributed by atoms with E-state index in [1.165, 1.54) is 0 Å². The number of amides is 2. The maximum absolute atomic E-state index is 13.3. The predicted octanol–water partition coefficient (Wildman–Crippen LogP) is 4.39. The number of benzene rings is 2. The molecule has 0 aromatic heterocycles. The second-order valence-electron chi connectivity index (χ2n) is 10.2. The molecule has 2 aromatic rings. The Morgan fingerprint density at radius 2 is 1.68 bits per heavy atom. The number of Topliss-reactive ketones (excluding diaryl/α,β-unsaturated/α-hetero) is 1. The predicted molar refractivity (Wildman–Crippen MR) is 144 cm³/mol. The number of aliphatic hydroxyl groups is 1. The Morgan fingerprint density at radius 1 is 1.00 bits per heavy atom. The molecule has 1 aliphatic rings. The molecule has 0 saturated heterocycles. The van der Waals surface area contributed by atoms with E-state index >= 15 is 0 Å². The number of ether oxygens (including phenoxy) is 1. The van der Waals surface area contributed by atoms with E-state index in [9.17, 15) is 19.5 Å². The van der Waals surface area contributed by atoms with Crippen LogP contribution in [-0.4, -0.2) is 47.5 Å². The minimum absolute atomic E-state index is 0.0394. The summed E-state index contributed by atoms with van der Waals surface area (Å²) in [5.74, 6) is -1.70. The minimum atomic E-state index is -1.05. The highest BCUT2D eigenvalue weighted by molar-refractivity contribution is 6.42. The molecule has 2 unspecified atom stereocenters. The fraction of sp³-hybridized carbons (Fsp3) is 0.464. The third kappa shape index (κ3) is 7.46. The standard InChI is InChI=1S/C28H34Cl2N2O5/c1-15(2)13-19(31-21(33)14-37-20-12-8-11-18(29)24(20)30)28(36)32-25(16(3)4)27(35)23-22(26(23)34)17-9-6-5-7-10-17/h5-12,15-16,19,22-23,25,27,35H,13-14H2,1-4H3,(H,31,33)(H,32,36)/t19-,22?,23?,25-,27-/m0/s1. The van der Waals surface area contributed by atoms with E-state index in [0.29, 0.717) is 11.4 Å².